The molecule has 4 heteroatoms. The van der Waals surface area contributed by atoms with Crippen LogP contribution in [0.25, 0.3) is 0 Å². The maximum Gasteiger partial charge on any atom is 0.0944 e. The summed E-state index contributed by atoms with van der Waals surface area (Å²) >= 11 is 1.65. The van der Waals surface area contributed by atoms with Gasteiger partial charge in [0.15, 0.2) is 0 Å². The van der Waals surface area contributed by atoms with Gasteiger partial charge in [0, 0.05) is 18.0 Å². The number of nitrogens with two attached hydrogens (primary N) is 1. The minimum atomic E-state index is 0.136. The summed E-state index contributed by atoms with van der Waals surface area (Å²) in [7, 11) is 0. The van der Waals surface area contributed by atoms with Crippen LogP contribution in [0.3, 0.4) is 0 Å². The van der Waals surface area contributed by atoms with Crippen LogP contribution in [0.1, 0.15) is 16.6 Å². The Morgan fingerprint density at radius 3 is 2.73 bits per heavy atom. The second-order valence-electron chi connectivity index (χ2n) is 3.26. The first-order chi connectivity index (χ1) is 7.40. The Morgan fingerprint density at radius 1 is 1.33 bits per heavy atom. The maximum atomic E-state index is 5.55. The third-order valence-electron chi connectivity index (χ3n) is 2.27. The number of thiazole rings is 1. The van der Waals surface area contributed by atoms with Crippen LogP contribution in [-0.4, -0.2) is 4.98 Å². The van der Waals surface area contributed by atoms with Crippen LogP contribution >= 0.6 is 11.3 Å². The number of rotatable bonds is 4. The van der Waals surface area contributed by atoms with Crippen molar-refractivity contribution in [3.63, 3.8) is 0 Å². The molecule has 0 aliphatic carbocycles. The van der Waals surface area contributed by atoms with Gasteiger partial charge in [-0.25, -0.2) is 4.98 Å². The van der Waals surface area contributed by atoms with E-state index in [2.05, 4.69) is 22.5 Å². The lowest BCUT2D eigenvalue weighted by Gasteiger charge is -2.14. The van der Waals surface area contributed by atoms with Crippen molar-refractivity contribution in [1.82, 2.24) is 10.4 Å². The third-order valence-corrected chi connectivity index (χ3v) is 3.07. The Balaban J connectivity index is 2.12. The number of aromatic nitrogens is 1. The highest BCUT2D eigenvalue weighted by atomic mass is 32.1. The van der Waals surface area contributed by atoms with E-state index in [1.54, 1.807) is 11.3 Å². The highest BCUT2D eigenvalue weighted by Crippen LogP contribution is 2.18. The van der Waals surface area contributed by atoms with E-state index in [-0.39, 0.29) is 6.04 Å². The third kappa shape index (κ3) is 2.62. The molecular formula is C11H13N3S. The Hall–Kier alpha value is -1.23. The molecule has 0 saturated heterocycles. The molecule has 1 heterocycles. The van der Waals surface area contributed by atoms with Crippen molar-refractivity contribution in [2.24, 2.45) is 5.84 Å². The zero-order valence-electron chi connectivity index (χ0n) is 8.26. The van der Waals surface area contributed by atoms with Gasteiger partial charge in [-0.05, 0) is 5.56 Å². The second kappa shape index (κ2) is 5.02. The predicted molar refractivity (Wildman–Crippen MR) is 62.3 cm³/mol. The summed E-state index contributed by atoms with van der Waals surface area (Å²) in [5.41, 5.74) is 4.01. The van der Waals surface area contributed by atoms with Gasteiger partial charge in [-0.1, -0.05) is 30.3 Å². The summed E-state index contributed by atoms with van der Waals surface area (Å²) in [4.78, 5) is 4.25. The average molecular weight is 219 g/mol. The van der Waals surface area contributed by atoms with Crippen molar-refractivity contribution in [2.75, 3.05) is 0 Å². The van der Waals surface area contributed by atoms with Gasteiger partial charge in [-0.15, -0.1) is 11.3 Å². The Bertz CT molecular complexity index is 385. The first-order valence-corrected chi connectivity index (χ1v) is 5.67. The lowest BCUT2D eigenvalue weighted by atomic mass is 10.1. The Labute approximate surface area is 92.9 Å². The minimum Gasteiger partial charge on any atom is -0.271 e. The highest BCUT2D eigenvalue weighted by molar-refractivity contribution is 7.09. The number of benzene rings is 1. The van der Waals surface area contributed by atoms with E-state index >= 15 is 0 Å². The molecule has 0 amide bonds. The molecule has 1 aromatic carbocycles. The van der Waals surface area contributed by atoms with Crippen LogP contribution in [0.15, 0.2) is 41.9 Å². The molecule has 78 valence electrons. The lowest BCUT2D eigenvalue weighted by molar-refractivity contribution is 0.551. The van der Waals surface area contributed by atoms with Crippen molar-refractivity contribution in [1.29, 1.82) is 0 Å². The fourth-order valence-electron chi connectivity index (χ4n) is 1.49. The second-order valence-corrected chi connectivity index (χ2v) is 4.24. The standard InChI is InChI=1S/C11H13N3S/c12-14-10(8-11-13-6-7-15-11)9-4-2-1-3-5-9/h1-7,10,14H,8,12H2. The molecule has 0 spiro atoms. The number of hydrogen-bond donors (Lipinski definition) is 2. The molecule has 2 rings (SSSR count). The van der Waals surface area contributed by atoms with E-state index in [0.29, 0.717) is 0 Å². The van der Waals surface area contributed by atoms with Gasteiger partial charge in [0.05, 0.1) is 11.0 Å². The topological polar surface area (TPSA) is 50.9 Å². The van der Waals surface area contributed by atoms with E-state index in [0.717, 1.165) is 11.4 Å². The summed E-state index contributed by atoms with van der Waals surface area (Å²) in [6, 6.07) is 10.3. The van der Waals surface area contributed by atoms with Crippen molar-refractivity contribution in [3.8, 4) is 0 Å². The summed E-state index contributed by atoms with van der Waals surface area (Å²) in [5, 5.41) is 3.08. The zero-order valence-corrected chi connectivity index (χ0v) is 9.08. The average Bonchev–Trinajstić information content (AvgIpc) is 2.80. The fraction of sp³-hybridized carbons (Fsp3) is 0.182. The predicted octanol–water partition coefficient (Wildman–Crippen LogP) is 1.89. The van der Waals surface area contributed by atoms with Gasteiger partial charge < -0.3 is 0 Å². The SMILES string of the molecule is NNC(Cc1nccs1)c1ccccc1. The van der Waals surface area contributed by atoms with Gasteiger partial charge in [-0.3, -0.25) is 11.3 Å². The van der Waals surface area contributed by atoms with E-state index in [1.807, 2.05) is 29.8 Å². The summed E-state index contributed by atoms with van der Waals surface area (Å²) in [5.74, 6) is 5.55. The molecule has 2 aromatic rings. The van der Waals surface area contributed by atoms with Crippen molar-refractivity contribution in [2.45, 2.75) is 12.5 Å². The molecule has 0 radical (unpaired) electrons. The quantitative estimate of drug-likeness (QED) is 0.610. The summed E-state index contributed by atoms with van der Waals surface area (Å²) in [6.45, 7) is 0. The first kappa shape index (κ1) is 10.3. The Kier molecular flexibility index (Phi) is 3.45. The highest BCUT2D eigenvalue weighted by Gasteiger charge is 2.10. The first-order valence-electron chi connectivity index (χ1n) is 4.79. The van der Waals surface area contributed by atoms with E-state index in [1.165, 1.54) is 5.56 Å². The molecule has 1 aromatic heterocycles. The van der Waals surface area contributed by atoms with Gasteiger partial charge >= 0.3 is 0 Å². The summed E-state index contributed by atoms with van der Waals surface area (Å²) < 4.78 is 0. The van der Waals surface area contributed by atoms with E-state index in [9.17, 15) is 0 Å². The fourth-order valence-corrected chi connectivity index (χ4v) is 2.15. The van der Waals surface area contributed by atoms with Crippen LogP contribution in [0, 0.1) is 0 Å². The lowest BCUT2D eigenvalue weighted by Crippen LogP contribution is -2.29. The number of hydrazine groups is 1. The molecule has 1 atom stereocenters. The molecule has 0 bridgehead atoms. The number of hydrogen-bond acceptors (Lipinski definition) is 4. The normalized spacial score (nSPS) is 12.6. The number of nitrogens with zero attached hydrogens (tertiary/aromatic N) is 1. The molecule has 15 heavy (non-hydrogen) atoms. The van der Waals surface area contributed by atoms with Crippen LogP contribution in [-0.2, 0) is 6.42 Å². The van der Waals surface area contributed by atoms with Crippen molar-refractivity contribution < 1.29 is 0 Å². The minimum absolute atomic E-state index is 0.136. The zero-order chi connectivity index (χ0) is 10.5. The molecular weight excluding hydrogens is 206 g/mol. The largest absolute Gasteiger partial charge is 0.271 e. The molecule has 0 fully saturated rings. The van der Waals surface area contributed by atoms with Crippen LogP contribution in [0.4, 0.5) is 0 Å². The van der Waals surface area contributed by atoms with E-state index < -0.39 is 0 Å². The van der Waals surface area contributed by atoms with Gasteiger partial charge in [-0.2, -0.15) is 0 Å². The number of nitrogens with one attached hydrogen (secondary N) is 1. The summed E-state index contributed by atoms with van der Waals surface area (Å²) in [6.07, 6.45) is 2.65. The van der Waals surface area contributed by atoms with E-state index in [4.69, 9.17) is 5.84 Å². The van der Waals surface area contributed by atoms with Crippen LogP contribution in [0.5, 0.6) is 0 Å². The van der Waals surface area contributed by atoms with Gasteiger partial charge in [0.2, 0.25) is 0 Å². The maximum absolute atomic E-state index is 5.55. The molecule has 0 aliphatic rings. The molecule has 0 saturated carbocycles. The van der Waals surface area contributed by atoms with Gasteiger partial charge in [0.25, 0.3) is 0 Å². The van der Waals surface area contributed by atoms with Gasteiger partial charge in [0.1, 0.15) is 0 Å². The smallest absolute Gasteiger partial charge is 0.0944 e. The monoisotopic (exact) mass is 219 g/mol. The molecule has 1 unspecified atom stereocenters. The van der Waals surface area contributed by atoms with Crippen molar-refractivity contribution >= 4 is 11.3 Å². The molecule has 3 N–H and O–H groups in total. The van der Waals surface area contributed by atoms with Crippen molar-refractivity contribution in [3.05, 3.63) is 52.5 Å². The Morgan fingerprint density at radius 2 is 2.13 bits per heavy atom. The van der Waals surface area contributed by atoms with Crippen LogP contribution in [0.2, 0.25) is 0 Å². The molecule has 0 aliphatic heterocycles. The molecule has 3 nitrogen and oxygen atoms in total. The van der Waals surface area contributed by atoms with Crippen LogP contribution < -0.4 is 11.3 Å².